The lowest BCUT2D eigenvalue weighted by atomic mass is 9.93. The van der Waals surface area contributed by atoms with E-state index in [9.17, 15) is 9.90 Å². The number of methoxy groups -OCH3 is 1. The zero-order valence-corrected chi connectivity index (χ0v) is 10.1. The van der Waals surface area contributed by atoms with E-state index < -0.39 is 18.0 Å². The number of halogens is 1. The molecular formula is C12H15ClO3. The second-order valence-electron chi connectivity index (χ2n) is 3.50. The van der Waals surface area contributed by atoms with Crippen molar-refractivity contribution in [1.82, 2.24) is 0 Å². The molecule has 1 N–H and O–H groups in total. The van der Waals surface area contributed by atoms with Crippen molar-refractivity contribution in [2.24, 2.45) is 5.92 Å². The Hall–Kier alpha value is -1.06. The predicted molar refractivity (Wildman–Crippen MR) is 62.2 cm³/mol. The molecule has 0 heterocycles. The van der Waals surface area contributed by atoms with E-state index in [-0.39, 0.29) is 0 Å². The second kappa shape index (κ2) is 5.87. The number of esters is 1. The summed E-state index contributed by atoms with van der Waals surface area (Å²) in [5.41, 5.74) is 0.557. The molecule has 0 spiro atoms. The van der Waals surface area contributed by atoms with Crippen molar-refractivity contribution in [2.75, 3.05) is 7.11 Å². The largest absolute Gasteiger partial charge is 0.469 e. The molecule has 0 bridgehead atoms. The minimum absolute atomic E-state index is 0.421. The predicted octanol–water partition coefficient (Wildman–Crippen LogP) is 2.57. The number of carbonyl (C=O) groups is 1. The summed E-state index contributed by atoms with van der Waals surface area (Å²) in [5, 5.41) is 10.5. The van der Waals surface area contributed by atoms with Crippen LogP contribution in [0.2, 0.25) is 5.02 Å². The van der Waals surface area contributed by atoms with Crippen molar-refractivity contribution in [1.29, 1.82) is 0 Å². The van der Waals surface area contributed by atoms with Crippen LogP contribution in [-0.4, -0.2) is 18.2 Å². The number of hydrogen-bond donors (Lipinski definition) is 1. The molecule has 0 amide bonds. The second-order valence-corrected chi connectivity index (χ2v) is 3.91. The number of aliphatic hydroxyl groups excluding tert-OH is 1. The molecule has 16 heavy (non-hydrogen) atoms. The molecule has 88 valence electrons. The minimum Gasteiger partial charge on any atom is -0.469 e. The van der Waals surface area contributed by atoms with Crippen LogP contribution in [0.3, 0.4) is 0 Å². The Morgan fingerprint density at radius 3 is 2.62 bits per heavy atom. The van der Waals surface area contributed by atoms with E-state index in [4.69, 9.17) is 11.6 Å². The third kappa shape index (κ3) is 2.74. The van der Waals surface area contributed by atoms with Gasteiger partial charge in [-0.2, -0.15) is 0 Å². The van der Waals surface area contributed by atoms with Gasteiger partial charge in [0.1, 0.15) is 0 Å². The Kier molecular flexibility index (Phi) is 4.77. The van der Waals surface area contributed by atoms with Crippen molar-refractivity contribution in [2.45, 2.75) is 19.4 Å². The summed E-state index contributed by atoms with van der Waals surface area (Å²) in [5.74, 6) is -1.00. The van der Waals surface area contributed by atoms with Gasteiger partial charge >= 0.3 is 5.97 Å². The highest BCUT2D eigenvalue weighted by Crippen LogP contribution is 2.30. The first kappa shape index (κ1) is 13.0. The first-order chi connectivity index (χ1) is 7.61. The molecule has 0 aromatic heterocycles. The third-order valence-electron chi connectivity index (χ3n) is 2.55. The van der Waals surface area contributed by atoms with E-state index in [0.29, 0.717) is 17.0 Å². The summed E-state index contributed by atoms with van der Waals surface area (Å²) in [6.07, 6.45) is -0.426. The Labute approximate surface area is 100.0 Å². The molecule has 0 fully saturated rings. The van der Waals surface area contributed by atoms with Gasteiger partial charge in [-0.1, -0.05) is 36.7 Å². The number of ether oxygens (including phenoxy) is 1. The van der Waals surface area contributed by atoms with Crippen molar-refractivity contribution in [3.05, 3.63) is 34.9 Å². The molecule has 0 aliphatic rings. The van der Waals surface area contributed by atoms with E-state index in [1.807, 2.05) is 6.92 Å². The Morgan fingerprint density at radius 1 is 1.50 bits per heavy atom. The number of benzene rings is 1. The molecular weight excluding hydrogens is 228 g/mol. The van der Waals surface area contributed by atoms with Gasteiger partial charge in [0.2, 0.25) is 0 Å². The Balaban J connectivity index is 2.95. The van der Waals surface area contributed by atoms with Gasteiger partial charge in [-0.15, -0.1) is 0 Å². The fourth-order valence-electron chi connectivity index (χ4n) is 1.60. The maximum absolute atomic E-state index is 11.4. The van der Waals surface area contributed by atoms with Crippen LogP contribution in [0, 0.1) is 5.92 Å². The lowest BCUT2D eigenvalue weighted by Gasteiger charge is -2.20. The minimum atomic E-state index is -0.925. The van der Waals surface area contributed by atoms with Crippen LogP contribution < -0.4 is 0 Å². The molecule has 0 saturated heterocycles. The molecule has 3 nitrogen and oxygen atoms in total. The molecule has 0 radical (unpaired) electrons. The first-order valence-corrected chi connectivity index (χ1v) is 5.50. The first-order valence-electron chi connectivity index (χ1n) is 5.12. The molecule has 2 unspecified atom stereocenters. The van der Waals surface area contributed by atoms with Gasteiger partial charge in [-0.05, 0) is 18.1 Å². The zero-order chi connectivity index (χ0) is 12.1. The van der Waals surface area contributed by atoms with E-state index in [1.54, 1.807) is 24.3 Å². The van der Waals surface area contributed by atoms with Gasteiger partial charge in [0, 0.05) is 5.02 Å². The van der Waals surface area contributed by atoms with E-state index in [0.717, 1.165) is 0 Å². The number of carbonyl (C=O) groups excluding carboxylic acids is 1. The van der Waals surface area contributed by atoms with Gasteiger partial charge in [-0.25, -0.2) is 0 Å². The van der Waals surface area contributed by atoms with Gasteiger partial charge < -0.3 is 9.84 Å². The molecule has 2 atom stereocenters. The van der Waals surface area contributed by atoms with Crippen molar-refractivity contribution < 1.29 is 14.6 Å². The van der Waals surface area contributed by atoms with E-state index in [2.05, 4.69) is 4.74 Å². The quantitative estimate of drug-likeness (QED) is 0.826. The van der Waals surface area contributed by atoms with Gasteiger partial charge in [0.25, 0.3) is 0 Å². The molecule has 0 aliphatic heterocycles. The van der Waals surface area contributed by atoms with Gasteiger partial charge in [-0.3, -0.25) is 4.79 Å². The van der Waals surface area contributed by atoms with Crippen LogP contribution in [0.5, 0.6) is 0 Å². The summed E-state index contributed by atoms with van der Waals surface area (Å²) in [6, 6.07) is 6.94. The fourth-order valence-corrected chi connectivity index (χ4v) is 1.85. The number of rotatable bonds is 4. The standard InChI is InChI=1S/C12H15ClO3/c1-3-8(12(15)16-2)11(14)9-6-4-5-7-10(9)13/h4-8,11,14H,3H2,1-2H3. The molecule has 0 saturated carbocycles. The van der Waals surface area contributed by atoms with Crippen LogP contribution in [0.1, 0.15) is 25.0 Å². The van der Waals surface area contributed by atoms with Gasteiger partial charge in [0.05, 0.1) is 19.1 Å². The van der Waals surface area contributed by atoms with Crippen molar-refractivity contribution in [3.63, 3.8) is 0 Å². The lowest BCUT2D eigenvalue weighted by Crippen LogP contribution is -2.23. The van der Waals surface area contributed by atoms with Crippen molar-refractivity contribution >= 4 is 17.6 Å². The molecule has 4 heteroatoms. The number of hydrogen-bond acceptors (Lipinski definition) is 3. The SMILES string of the molecule is CCC(C(=O)OC)C(O)c1ccccc1Cl. The third-order valence-corrected chi connectivity index (χ3v) is 2.89. The molecule has 0 aliphatic carbocycles. The summed E-state index contributed by atoms with van der Waals surface area (Å²) in [7, 11) is 1.31. The zero-order valence-electron chi connectivity index (χ0n) is 9.31. The summed E-state index contributed by atoms with van der Waals surface area (Å²) in [4.78, 5) is 11.4. The van der Waals surface area contributed by atoms with Gasteiger partial charge in [0.15, 0.2) is 0 Å². The topological polar surface area (TPSA) is 46.5 Å². The highest BCUT2D eigenvalue weighted by Gasteiger charge is 2.28. The van der Waals surface area contributed by atoms with Crippen LogP contribution in [0.25, 0.3) is 0 Å². The summed E-state index contributed by atoms with van der Waals surface area (Å²) < 4.78 is 4.64. The van der Waals surface area contributed by atoms with Crippen LogP contribution >= 0.6 is 11.6 Å². The highest BCUT2D eigenvalue weighted by atomic mass is 35.5. The summed E-state index contributed by atoms with van der Waals surface area (Å²) >= 11 is 5.96. The Bertz CT molecular complexity index is 365. The summed E-state index contributed by atoms with van der Waals surface area (Å²) in [6.45, 7) is 1.82. The van der Waals surface area contributed by atoms with Crippen LogP contribution in [0.15, 0.2) is 24.3 Å². The van der Waals surface area contributed by atoms with Crippen LogP contribution in [0.4, 0.5) is 0 Å². The van der Waals surface area contributed by atoms with E-state index >= 15 is 0 Å². The highest BCUT2D eigenvalue weighted by molar-refractivity contribution is 6.31. The maximum atomic E-state index is 11.4. The smallest absolute Gasteiger partial charge is 0.311 e. The fraction of sp³-hybridized carbons (Fsp3) is 0.417. The molecule has 1 rings (SSSR count). The average molecular weight is 243 g/mol. The van der Waals surface area contributed by atoms with Crippen molar-refractivity contribution in [3.8, 4) is 0 Å². The molecule has 1 aromatic carbocycles. The number of aliphatic hydroxyl groups is 1. The Morgan fingerprint density at radius 2 is 2.12 bits per heavy atom. The maximum Gasteiger partial charge on any atom is 0.311 e. The normalized spacial score (nSPS) is 14.2. The van der Waals surface area contributed by atoms with Crippen LogP contribution in [-0.2, 0) is 9.53 Å². The van der Waals surface area contributed by atoms with E-state index in [1.165, 1.54) is 7.11 Å². The molecule has 1 aromatic rings. The monoisotopic (exact) mass is 242 g/mol. The average Bonchev–Trinajstić information content (AvgIpc) is 2.30. The lowest BCUT2D eigenvalue weighted by molar-refractivity contribution is -0.149.